The van der Waals surface area contributed by atoms with E-state index < -0.39 is 0 Å². The molecule has 0 spiro atoms. The third kappa shape index (κ3) is 9.80. The van der Waals surface area contributed by atoms with Crippen LogP contribution < -0.4 is 5.32 Å². The van der Waals surface area contributed by atoms with Gasteiger partial charge in [0.05, 0.1) is 33.0 Å². The van der Waals surface area contributed by atoms with Crippen LogP contribution in [-0.2, 0) is 14.2 Å². The van der Waals surface area contributed by atoms with E-state index in [4.69, 9.17) is 25.8 Å². The van der Waals surface area contributed by atoms with Gasteiger partial charge in [-0.25, -0.2) is 0 Å². The quantitative estimate of drug-likeness (QED) is 0.457. The zero-order valence-electron chi connectivity index (χ0n) is 11.4. The van der Waals surface area contributed by atoms with Gasteiger partial charge in [0.2, 0.25) is 0 Å². The number of ether oxygens (including phenoxy) is 3. The van der Waals surface area contributed by atoms with E-state index in [0.29, 0.717) is 33.0 Å². The van der Waals surface area contributed by atoms with Crippen molar-refractivity contribution in [3.05, 3.63) is 0 Å². The molecule has 0 aromatic carbocycles. The molecule has 0 saturated heterocycles. The maximum atomic E-state index is 6.05. The van der Waals surface area contributed by atoms with E-state index in [1.165, 1.54) is 0 Å². The van der Waals surface area contributed by atoms with Gasteiger partial charge in [-0.3, -0.25) is 0 Å². The minimum atomic E-state index is -0.0696. The Morgan fingerprint density at radius 1 is 1.06 bits per heavy atom. The molecule has 4 nitrogen and oxygen atoms in total. The molecule has 17 heavy (non-hydrogen) atoms. The summed E-state index contributed by atoms with van der Waals surface area (Å²) in [6.45, 7) is 10.1. The zero-order chi connectivity index (χ0) is 13.1. The summed E-state index contributed by atoms with van der Waals surface area (Å²) in [5.74, 6) is 0. The van der Waals surface area contributed by atoms with Crippen LogP contribution in [0.1, 0.15) is 20.8 Å². The lowest BCUT2D eigenvalue weighted by molar-refractivity contribution is 0.0246. The van der Waals surface area contributed by atoms with E-state index in [9.17, 15) is 0 Å². The van der Waals surface area contributed by atoms with Crippen molar-refractivity contribution in [2.24, 2.45) is 0 Å². The highest BCUT2D eigenvalue weighted by Crippen LogP contribution is 2.13. The molecule has 0 aliphatic heterocycles. The van der Waals surface area contributed by atoms with Crippen molar-refractivity contribution >= 4 is 11.6 Å². The molecule has 0 saturated carbocycles. The Morgan fingerprint density at radius 2 is 1.59 bits per heavy atom. The number of rotatable bonds is 11. The molecule has 0 fully saturated rings. The first-order chi connectivity index (χ1) is 8.00. The standard InChI is InChI=1S/C12H26ClNO3/c1-11(13)12(2,3)14-5-6-16-9-10-17-8-7-15-4/h11,14H,5-10H2,1-4H3. The Bertz CT molecular complexity index is 177. The Morgan fingerprint density at radius 3 is 2.12 bits per heavy atom. The second-order valence-corrected chi connectivity index (χ2v) is 5.14. The van der Waals surface area contributed by atoms with Crippen LogP contribution in [0.15, 0.2) is 0 Å². The second-order valence-electron chi connectivity index (χ2n) is 4.48. The van der Waals surface area contributed by atoms with Gasteiger partial charge in [0.1, 0.15) is 0 Å². The van der Waals surface area contributed by atoms with Gasteiger partial charge in [-0.05, 0) is 20.8 Å². The predicted octanol–water partition coefficient (Wildman–Crippen LogP) is 1.66. The van der Waals surface area contributed by atoms with E-state index in [1.807, 2.05) is 6.92 Å². The predicted molar refractivity (Wildman–Crippen MR) is 70.9 cm³/mol. The van der Waals surface area contributed by atoms with Gasteiger partial charge in [0.25, 0.3) is 0 Å². The third-order valence-electron chi connectivity index (χ3n) is 2.63. The first-order valence-electron chi connectivity index (χ1n) is 6.04. The fourth-order valence-electron chi connectivity index (χ4n) is 1.05. The number of methoxy groups -OCH3 is 1. The van der Waals surface area contributed by atoms with Gasteiger partial charge in [-0.2, -0.15) is 0 Å². The molecule has 0 aromatic heterocycles. The topological polar surface area (TPSA) is 39.7 Å². The van der Waals surface area contributed by atoms with Crippen LogP contribution in [0.3, 0.4) is 0 Å². The first kappa shape index (κ1) is 17.1. The molecular weight excluding hydrogens is 242 g/mol. The van der Waals surface area contributed by atoms with Crippen LogP contribution in [0.5, 0.6) is 0 Å². The minimum Gasteiger partial charge on any atom is -0.382 e. The molecule has 0 rings (SSSR count). The average molecular weight is 268 g/mol. The SMILES string of the molecule is COCCOCCOCCNC(C)(C)C(C)Cl. The zero-order valence-corrected chi connectivity index (χ0v) is 12.2. The van der Waals surface area contributed by atoms with Crippen molar-refractivity contribution in [2.45, 2.75) is 31.7 Å². The smallest absolute Gasteiger partial charge is 0.0701 e. The van der Waals surface area contributed by atoms with Crippen molar-refractivity contribution < 1.29 is 14.2 Å². The monoisotopic (exact) mass is 267 g/mol. The van der Waals surface area contributed by atoms with Crippen LogP contribution in [0.2, 0.25) is 0 Å². The van der Waals surface area contributed by atoms with E-state index in [1.54, 1.807) is 7.11 Å². The Hall–Kier alpha value is 0.130. The summed E-state index contributed by atoms with van der Waals surface area (Å²) in [5.41, 5.74) is -0.0696. The van der Waals surface area contributed by atoms with Crippen LogP contribution in [0.4, 0.5) is 0 Å². The fourth-order valence-corrected chi connectivity index (χ4v) is 1.13. The summed E-state index contributed by atoms with van der Waals surface area (Å²) < 4.78 is 15.5. The van der Waals surface area contributed by atoms with Gasteiger partial charge in [0, 0.05) is 24.6 Å². The van der Waals surface area contributed by atoms with Crippen molar-refractivity contribution in [3.8, 4) is 0 Å². The number of hydrogen-bond acceptors (Lipinski definition) is 4. The molecule has 1 N–H and O–H groups in total. The molecule has 104 valence electrons. The Labute approximate surface area is 110 Å². The van der Waals surface area contributed by atoms with Gasteiger partial charge in [-0.1, -0.05) is 0 Å². The molecule has 0 bridgehead atoms. The number of nitrogens with one attached hydrogen (secondary N) is 1. The van der Waals surface area contributed by atoms with E-state index in [2.05, 4.69) is 19.2 Å². The highest BCUT2D eigenvalue weighted by atomic mass is 35.5. The third-order valence-corrected chi connectivity index (χ3v) is 3.17. The summed E-state index contributed by atoms with van der Waals surface area (Å²) >= 11 is 6.05. The lowest BCUT2D eigenvalue weighted by atomic mass is 10.0. The summed E-state index contributed by atoms with van der Waals surface area (Å²) in [6.07, 6.45) is 0. The van der Waals surface area contributed by atoms with E-state index >= 15 is 0 Å². The number of alkyl halides is 1. The summed E-state index contributed by atoms with van der Waals surface area (Å²) in [6, 6.07) is 0. The molecule has 0 radical (unpaired) electrons. The number of halogens is 1. The van der Waals surface area contributed by atoms with Crippen molar-refractivity contribution in [3.63, 3.8) is 0 Å². The van der Waals surface area contributed by atoms with Crippen molar-refractivity contribution in [1.29, 1.82) is 0 Å². The minimum absolute atomic E-state index is 0.0696. The second kappa shape index (κ2) is 10.1. The number of hydrogen-bond donors (Lipinski definition) is 1. The molecular formula is C12H26ClNO3. The highest BCUT2D eigenvalue weighted by Gasteiger charge is 2.22. The normalized spacial score (nSPS) is 13.9. The molecule has 0 aliphatic rings. The van der Waals surface area contributed by atoms with Crippen molar-refractivity contribution in [2.75, 3.05) is 46.7 Å². The van der Waals surface area contributed by atoms with Crippen LogP contribution in [0.25, 0.3) is 0 Å². The van der Waals surface area contributed by atoms with Crippen LogP contribution in [0, 0.1) is 0 Å². The maximum absolute atomic E-state index is 6.05. The molecule has 0 aromatic rings. The molecule has 0 aliphatic carbocycles. The van der Waals surface area contributed by atoms with Crippen LogP contribution in [-0.4, -0.2) is 57.6 Å². The Balaban J connectivity index is 3.24. The largest absolute Gasteiger partial charge is 0.382 e. The molecule has 0 heterocycles. The lowest BCUT2D eigenvalue weighted by Gasteiger charge is -2.29. The van der Waals surface area contributed by atoms with Crippen LogP contribution >= 0.6 is 11.6 Å². The van der Waals surface area contributed by atoms with Gasteiger partial charge in [0.15, 0.2) is 0 Å². The average Bonchev–Trinajstić information content (AvgIpc) is 2.26. The Kier molecular flexibility index (Phi) is 10.2. The van der Waals surface area contributed by atoms with E-state index in [0.717, 1.165) is 6.54 Å². The summed E-state index contributed by atoms with van der Waals surface area (Å²) in [7, 11) is 1.66. The van der Waals surface area contributed by atoms with Crippen molar-refractivity contribution in [1.82, 2.24) is 5.32 Å². The summed E-state index contributed by atoms with van der Waals surface area (Å²) in [5, 5.41) is 3.44. The van der Waals surface area contributed by atoms with E-state index in [-0.39, 0.29) is 10.9 Å². The van der Waals surface area contributed by atoms with Gasteiger partial charge in [-0.15, -0.1) is 11.6 Å². The molecule has 0 amide bonds. The van der Waals surface area contributed by atoms with Gasteiger partial charge < -0.3 is 19.5 Å². The van der Waals surface area contributed by atoms with Gasteiger partial charge >= 0.3 is 0 Å². The molecule has 5 heteroatoms. The fraction of sp³-hybridized carbons (Fsp3) is 1.00. The summed E-state index contributed by atoms with van der Waals surface area (Å²) in [4.78, 5) is 0. The maximum Gasteiger partial charge on any atom is 0.0701 e. The highest BCUT2D eigenvalue weighted by molar-refractivity contribution is 6.21. The molecule has 1 atom stereocenters. The first-order valence-corrected chi connectivity index (χ1v) is 6.48. The molecule has 1 unspecified atom stereocenters. The lowest BCUT2D eigenvalue weighted by Crippen LogP contribution is -2.47.